The van der Waals surface area contributed by atoms with Gasteiger partial charge in [0.15, 0.2) is 11.5 Å². The second kappa shape index (κ2) is 9.38. The summed E-state index contributed by atoms with van der Waals surface area (Å²) in [4.78, 5) is 13.7. The minimum atomic E-state index is -0.280. The first-order valence-electron chi connectivity index (χ1n) is 11.0. The molecule has 0 spiro atoms. The van der Waals surface area contributed by atoms with Crippen molar-refractivity contribution in [3.05, 3.63) is 72.9 Å². The number of nitrogens with zero attached hydrogens (tertiary/aromatic N) is 4. The van der Waals surface area contributed by atoms with E-state index in [0.717, 1.165) is 42.9 Å². The first kappa shape index (κ1) is 21.1. The van der Waals surface area contributed by atoms with Crippen LogP contribution in [0.5, 0.6) is 17.5 Å². The van der Waals surface area contributed by atoms with E-state index in [-0.39, 0.29) is 11.8 Å². The second-order valence-electron chi connectivity index (χ2n) is 7.93. The Morgan fingerprint density at radius 2 is 1.73 bits per heavy atom. The third-order valence-electron chi connectivity index (χ3n) is 5.86. The standard InChI is InChI=1S/C25H24FN5O2/c1-32-21-4-2-3-5-22(21)33-25-28-15-12-20(30-25)24-23(17-6-8-18(26)9-7-17)29-16-31(24)19-10-13-27-14-11-19/h2-9,12,15-16,19,27H,10-11,13-14H2,1H3/p+1. The average molecular weight is 447 g/mol. The lowest BCUT2D eigenvalue weighted by atomic mass is 10.0. The van der Waals surface area contributed by atoms with Gasteiger partial charge in [0.05, 0.1) is 43.6 Å². The number of rotatable bonds is 6. The molecule has 8 heteroatoms. The summed E-state index contributed by atoms with van der Waals surface area (Å²) in [6.45, 7) is 2.14. The van der Waals surface area contributed by atoms with Gasteiger partial charge in [-0.05, 0) is 42.5 Å². The van der Waals surface area contributed by atoms with E-state index in [9.17, 15) is 4.39 Å². The van der Waals surface area contributed by atoms with Gasteiger partial charge >= 0.3 is 6.01 Å². The van der Waals surface area contributed by atoms with E-state index in [1.807, 2.05) is 36.7 Å². The van der Waals surface area contributed by atoms with Crippen LogP contribution in [-0.4, -0.2) is 39.7 Å². The third kappa shape index (κ3) is 4.42. The number of ether oxygens (including phenoxy) is 2. The largest absolute Gasteiger partial charge is 0.493 e. The minimum absolute atomic E-state index is 0.215. The average Bonchev–Trinajstić information content (AvgIpc) is 3.31. The first-order valence-corrected chi connectivity index (χ1v) is 11.0. The maximum absolute atomic E-state index is 13.6. The fraction of sp³-hybridized carbons (Fsp3) is 0.240. The lowest BCUT2D eigenvalue weighted by molar-refractivity contribution is -0.664. The summed E-state index contributed by atoms with van der Waals surface area (Å²) >= 11 is 0. The highest BCUT2D eigenvalue weighted by Crippen LogP contribution is 2.35. The molecule has 0 bridgehead atoms. The molecule has 5 rings (SSSR count). The second-order valence-corrected chi connectivity index (χ2v) is 7.93. The smallest absolute Gasteiger partial charge is 0.322 e. The minimum Gasteiger partial charge on any atom is -0.493 e. The van der Waals surface area contributed by atoms with Crippen molar-refractivity contribution < 1.29 is 19.2 Å². The number of imidazole rings is 1. The Kier molecular flexibility index (Phi) is 5.99. The third-order valence-corrected chi connectivity index (χ3v) is 5.86. The van der Waals surface area contributed by atoms with Crippen molar-refractivity contribution in [2.45, 2.75) is 18.9 Å². The topological polar surface area (TPSA) is 78.7 Å². The van der Waals surface area contributed by atoms with E-state index in [0.29, 0.717) is 23.2 Å². The van der Waals surface area contributed by atoms with Gasteiger partial charge in [-0.1, -0.05) is 12.1 Å². The summed E-state index contributed by atoms with van der Waals surface area (Å²) in [5.74, 6) is 0.853. The van der Waals surface area contributed by atoms with Gasteiger partial charge in [-0.15, -0.1) is 0 Å². The highest BCUT2D eigenvalue weighted by Gasteiger charge is 2.25. The molecule has 1 fully saturated rings. The highest BCUT2D eigenvalue weighted by molar-refractivity contribution is 5.77. The Morgan fingerprint density at radius 1 is 0.970 bits per heavy atom. The van der Waals surface area contributed by atoms with Crippen LogP contribution >= 0.6 is 0 Å². The number of halogens is 1. The molecule has 1 aliphatic rings. The molecule has 0 radical (unpaired) electrons. The molecule has 33 heavy (non-hydrogen) atoms. The summed E-state index contributed by atoms with van der Waals surface area (Å²) in [5, 5.41) is 2.33. The molecule has 3 heterocycles. The molecule has 0 amide bonds. The molecule has 4 aromatic rings. The van der Waals surface area contributed by atoms with E-state index in [2.05, 4.69) is 14.9 Å². The molecular weight excluding hydrogens is 421 g/mol. The summed E-state index contributed by atoms with van der Waals surface area (Å²) in [5.41, 5.74) is 3.16. The first-order chi connectivity index (χ1) is 16.2. The number of nitrogens with two attached hydrogens (primary N) is 1. The molecular formula is C25H25FN5O2+. The van der Waals surface area contributed by atoms with Crippen molar-refractivity contribution in [3.8, 4) is 40.2 Å². The highest BCUT2D eigenvalue weighted by atomic mass is 19.1. The van der Waals surface area contributed by atoms with Crippen molar-refractivity contribution in [2.75, 3.05) is 20.2 Å². The van der Waals surface area contributed by atoms with Crippen molar-refractivity contribution in [1.82, 2.24) is 19.5 Å². The molecule has 2 aromatic carbocycles. The number of piperidine rings is 1. The van der Waals surface area contributed by atoms with Gasteiger partial charge < -0.3 is 19.4 Å². The molecule has 1 aliphatic heterocycles. The molecule has 168 valence electrons. The molecule has 0 unspecified atom stereocenters. The summed E-state index contributed by atoms with van der Waals surface area (Å²) in [6, 6.07) is 16.1. The maximum Gasteiger partial charge on any atom is 0.322 e. The van der Waals surface area contributed by atoms with Crippen LogP contribution in [-0.2, 0) is 0 Å². The van der Waals surface area contributed by atoms with Crippen LogP contribution in [0, 0.1) is 5.82 Å². The van der Waals surface area contributed by atoms with Gasteiger partial charge in [-0.25, -0.2) is 14.4 Å². The number of hydrogen-bond acceptors (Lipinski definition) is 5. The lowest BCUT2D eigenvalue weighted by Gasteiger charge is -2.24. The number of quaternary nitrogens is 1. The van der Waals surface area contributed by atoms with Crippen LogP contribution in [0.1, 0.15) is 18.9 Å². The Balaban J connectivity index is 1.58. The van der Waals surface area contributed by atoms with E-state index in [4.69, 9.17) is 19.4 Å². The van der Waals surface area contributed by atoms with Gasteiger partial charge in [0, 0.05) is 30.6 Å². The van der Waals surface area contributed by atoms with Gasteiger partial charge in [0.1, 0.15) is 5.82 Å². The molecule has 2 N–H and O–H groups in total. The number of aromatic nitrogens is 4. The van der Waals surface area contributed by atoms with Crippen LogP contribution in [0.2, 0.25) is 0 Å². The number of hydrogen-bond donors (Lipinski definition) is 1. The van der Waals surface area contributed by atoms with E-state index < -0.39 is 0 Å². The fourth-order valence-electron chi connectivity index (χ4n) is 4.22. The monoisotopic (exact) mass is 446 g/mol. The Hall–Kier alpha value is -3.78. The lowest BCUT2D eigenvalue weighted by Crippen LogP contribution is -2.86. The Morgan fingerprint density at radius 3 is 2.48 bits per heavy atom. The number of methoxy groups -OCH3 is 1. The molecule has 1 saturated heterocycles. The summed E-state index contributed by atoms with van der Waals surface area (Å²) in [7, 11) is 1.59. The number of para-hydroxylation sites is 2. The van der Waals surface area contributed by atoms with Crippen molar-refractivity contribution in [1.29, 1.82) is 0 Å². The summed E-state index contributed by atoms with van der Waals surface area (Å²) in [6.07, 6.45) is 5.63. The molecule has 0 saturated carbocycles. The molecule has 0 atom stereocenters. The quantitative estimate of drug-likeness (QED) is 0.487. The maximum atomic E-state index is 13.6. The fourth-order valence-corrected chi connectivity index (χ4v) is 4.22. The van der Waals surface area contributed by atoms with Crippen molar-refractivity contribution in [3.63, 3.8) is 0 Å². The van der Waals surface area contributed by atoms with Gasteiger partial charge in [-0.2, -0.15) is 4.98 Å². The zero-order valence-corrected chi connectivity index (χ0v) is 18.3. The zero-order chi connectivity index (χ0) is 22.6. The van der Waals surface area contributed by atoms with Gasteiger partial charge in [0.2, 0.25) is 0 Å². The molecule has 2 aromatic heterocycles. The van der Waals surface area contributed by atoms with Crippen LogP contribution in [0.15, 0.2) is 67.1 Å². The van der Waals surface area contributed by atoms with Crippen LogP contribution in [0.25, 0.3) is 22.6 Å². The van der Waals surface area contributed by atoms with Crippen LogP contribution in [0.3, 0.4) is 0 Å². The molecule has 0 aliphatic carbocycles. The van der Waals surface area contributed by atoms with Crippen LogP contribution in [0.4, 0.5) is 4.39 Å². The predicted molar refractivity (Wildman–Crippen MR) is 122 cm³/mol. The van der Waals surface area contributed by atoms with Crippen molar-refractivity contribution >= 4 is 0 Å². The van der Waals surface area contributed by atoms with Crippen LogP contribution < -0.4 is 14.8 Å². The normalized spacial score (nSPS) is 14.2. The zero-order valence-electron chi connectivity index (χ0n) is 18.3. The molecule has 7 nitrogen and oxygen atoms in total. The SMILES string of the molecule is COc1ccccc1Oc1nccc(-c2c(-c3ccc(F)cc3)ncn2C2CC[NH2+]CC2)n1. The van der Waals surface area contributed by atoms with E-state index in [1.165, 1.54) is 12.1 Å². The summed E-state index contributed by atoms with van der Waals surface area (Å²) < 4.78 is 27.1. The number of benzene rings is 2. The Labute approximate surface area is 191 Å². The van der Waals surface area contributed by atoms with Gasteiger partial charge in [0.25, 0.3) is 0 Å². The predicted octanol–water partition coefficient (Wildman–Crippen LogP) is 3.85. The van der Waals surface area contributed by atoms with E-state index in [1.54, 1.807) is 25.4 Å². The van der Waals surface area contributed by atoms with Gasteiger partial charge in [-0.3, -0.25) is 0 Å². The van der Waals surface area contributed by atoms with E-state index >= 15 is 0 Å². The Bertz CT molecular complexity index is 1240. The van der Waals surface area contributed by atoms with Crippen molar-refractivity contribution in [2.24, 2.45) is 0 Å².